The summed E-state index contributed by atoms with van der Waals surface area (Å²) < 4.78 is 5.13. The van der Waals surface area contributed by atoms with Gasteiger partial charge < -0.3 is 9.94 Å². The van der Waals surface area contributed by atoms with E-state index in [1.54, 1.807) is 7.11 Å². The predicted octanol–water partition coefficient (Wildman–Crippen LogP) is 2.66. The van der Waals surface area contributed by atoms with E-state index in [9.17, 15) is 0 Å². The number of methoxy groups -OCH3 is 1. The fourth-order valence-electron chi connectivity index (χ4n) is 1.52. The molecule has 0 radical (unpaired) electrons. The summed E-state index contributed by atoms with van der Waals surface area (Å²) in [6.07, 6.45) is 1.41. The Kier molecular flexibility index (Phi) is 2.54. The summed E-state index contributed by atoms with van der Waals surface area (Å²) >= 11 is 0. The summed E-state index contributed by atoms with van der Waals surface area (Å²) in [6.45, 7) is 0. The monoisotopic (exact) mass is 201 g/mol. The number of hydrogen-bond acceptors (Lipinski definition) is 3. The third-order valence-corrected chi connectivity index (χ3v) is 2.28. The van der Waals surface area contributed by atoms with Gasteiger partial charge in [-0.1, -0.05) is 23.4 Å². The van der Waals surface area contributed by atoms with Crippen molar-refractivity contribution in [1.82, 2.24) is 0 Å². The third-order valence-electron chi connectivity index (χ3n) is 2.28. The average Bonchev–Trinajstić information content (AvgIpc) is 2.29. The van der Waals surface area contributed by atoms with Gasteiger partial charge in [-0.2, -0.15) is 0 Å². The van der Waals surface area contributed by atoms with Gasteiger partial charge in [0.2, 0.25) is 0 Å². The Balaban J connectivity index is 2.54. The first-order valence-electron chi connectivity index (χ1n) is 4.59. The molecule has 3 heteroatoms. The number of fused-ring (bicyclic) bond motifs is 1. The van der Waals surface area contributed by atoms with Gasteiger partial charge in [-0.05, 0) is 34.5 Å². The SMILES string of the molecule is COc1ccc2cc(/C=N/O)ccc2c1. The first-order valence-corrected chi connectivity index (χ1v) is 4.59. The van der Waals surface area contributed by atoms with E-state index in [1.807, 2.05) is 36.4 Å². The second-order valence-corrected chi connectivity index (χ2v) is 3.22. The molecule has 0 saturated carbocycles. The quantitative estimate of drug-likeness (QED) is 0.461. The lowest BCUT2D eigenvalue weighted by Crippen LogP contribution is -1.84. The topological polar surface area (TPSA) is 41.8 Å². The molecule has 0 aromatic heterocycles. The zero-order valence-corrected chi connectivity index (χ0v) is 8.34. The number of ether oxygens (including phenoxy) is 1. The fraction of sp³-hybridized carbons (Fsp3) is 0.0833. The number of hydrogen-bond donors (Lipinski definition) is 1. The molecule has 0 unspecified atom stereocenters. The second kappa shape index (κ2) is 4.00. The van der Waals surface area contributed by atoms with Crippen molar-refractivity contribution < 1.29 is 9.94 Å². The molecule has 0 bridgehead atoms. The van der Waals surface area contributed by atoms with Crippen molar-refractivity contribution in [3.63, 3.8) is 0 Å². The van der Waals surface area contributed by atoms with Crippen LogP contribution in [0.1, 0.15) is 5.56 Å². The molecular weight excluding hydrogens is 190 g/mol. The molecule has 0 heterocycles. The summed E-state index contributed by atoms with van der Waals surface area (Å²) in [5.41, 5.74) is 0.871. The van der Waals surface area contributed by atoms with Crippen LogP contribution < -0.4 is 4.74 Å². The van der Waals surface area contributed by atoms with Crippen molar-refractivity contribution >= 4 is 17.0 Å². The van der Waals surface area contributed by atoms with Crippen LogP contribution in [0.5, 0.6) is 5.75 Å². The summed E-state index contributed by atoms with van der Waals surface area (Å²) in [7, 11) is 1.65. The van der Waals surface area contributed by atoms with Crippen LogP contribution in [0.3, 0.4) is 0 Å². The smallest absolute Gasteiger partial charge is 0.119 e. The summed E-state index contributed by atoms with van der Waals surface area (Å²) in [5, 5.41) is 13.6. The molecule has 0 fully saturated rings. The highest BCUT2D eigenvalue weighted by molar-refractivity contribution is 5.90. The lowest BCUT2D eigenvalue weighted by molar-refractivity contribution is 0.322. The molecule has 15 heavy (non-hydrogen) atoms. The molecule has 0 saturated heterocycles. The van der Waals surface area contributed by atoms with E-state index in [4.69, 9.17) is 9.94 Å². The molecular formula is C12H11NO2. The van der Waals surface area contributed by atoms with Crippen LogP contribution in [-0.4, -0.2) is 18.5 Å². The summed E-state index contributed by atoms with van der Waals surface area (Å²) in [6, 6.07) is 11.7. The van der Waals surface area contributed by atoms with Crippen LogP contribution in [0.25, 0.3) is 10.8 Å². The van der Waals surface area contributed by atoms with Crippen LogP contribution in [0.2, 0.25) is 0 Å². The maximum Gasteiger partial charge on any atom is 0.119 e. The van der Waals surface area contributed by atoms with Gasteiger partial charge >= 0.3 is 0 Å². The van der Waals surface area contributed by atoms with Gasteiger partial charge in [0.25, 0.3) is 0 Å². The molecule has 2 aromatic rings. The zero-order chi connectivity index (χ0) is 10.7. The Bertz CT molecular complexity index is 506. The summed E-state index contributed by atoms with van der Waals surface area (Å²) in [5.74, 6) is 0.839. The fourth-order valence-corrected chi connectivity index (χ4v) is 1.52. The lowest BCUT2D eigenvalue weighted by atomic mass is 10.1. The molecule has 0 aliphatic rings. The van der Waals surface area contributed by atoms with Crippen molar-refractivity contribution in [2.24, 2.45) is 5.16 Å². The van der Waals surface area contributed by atoms with Crippen LogP contribution in [0.15, 0.2) is 41.6 Å². The van der Waals surface area contributed by atoms with Crippen molar-refractivity contribution in [3.8, 4) is 5.75 Å². The molecule has 2 rings (SSSR count). The van der Waals surface area contributed by atoms with Gasteiger partial charge in [0.05, 0.1) is 13.3 Å². The minimum absolute atomic E-state index is 0.839. The molecule has 0 amide bonds. The molecule has 1 N–H and O–H groups in total. The average molecular weight is 201 g/mol. The number of benzene rings is 2. The highest BCUT2D eigenvalue weighted by Crippen LogP contribution is 2.21. The Morgan fingerprint density at radius 2 is 1.87 bits per heavy atom. The van der Waals surface area contributed by atoms with Crippen LogP contribution in [-0.2, 0) is 0 Å². The van der Waals surface area contributed by atoms with E-state index in [-0.39, 0.29) is 0 Å². The van der Waals surface area contributed by atoms with Crippen molar-refractivity contribution in [1.29, 1.82) is 0 Å². The van der Waals surface area contributed by atoms with E-state index in [0.717, 1.165) is 22.1 Å². The normalized spacial score (nSPS) is 11.0. The Labute approximate surface area is 87.6 Å². The molecule has 3 nitrogen and oxygen atoms in total. The predicted molar refractivity (Wildman–Crippen MR) is 59.9 cm³/mol. The van der Waals surface area contributed by atoms with Gasteiger partial charge in [0.15, 0.2) is 0 Å². The van der Waals surface area contributed by atoms with Crippen LogP contribution in [0.4, 0.5) is 0 Å². The summed E-state index contributed by atoms with van der Waals surface area (Å²) in [4.78, 5) is 0. The molecule has 76 valence electrons. The lowest BCUT2D eigenvalue weighted by Gasteiger charge is -2.02. The van der Waals surface area contributed by atoms with Crippen molar-refractivity contribution in [2.75, 3.05) is 7.11 Å². The minimum atomic E-state index is 0.839. The Morgan fingerprint density at radius 3 is 2.60 bits per heavy atom. The van der Waals surface area contributed by atoms with E-state index >= 15 is 0 Å². The second-order valence-electron chi connectivity index (χ2n) is 3.22. The molecule has 2 aromatic carbocycles. The third kappa shape index (κ3) is 1.91. The number of oxime groups is 1. The van der Waals surface area contributed by atoms with E-state index < -0.39 is 0 Å². The van der Waals surface area contributed by atoms with Crippen LogP contribution >= 0.6 is 0 Å². The zero-order valence-electron chi connectivity index (χ0n) is 8.34. The van der Waals surface area contributed by atoms with Gasteiger partial charge in [0.1, 0.15) is 5.75 Å². The van der Waals surface area contributed by atoms with Gasteiger partial charge in [-0.3, -0.25) is 0 Å². The Hall–Kier alpha value is -2.03. The van der Waals surface area contributed by atoms with E-state index in [1.165, 1.54) is 6.21 Å². The largest absolute Gasteiger partial charge is 0.497 e. The van der Waals surface area contributed by atoms with E-state index in [0.29, 0.717) is 0 Å². The molecule has 0 aliphatic carbocycles. The first-order chi connectivity index (χ1) is 7.33. The standard InChI is InChI=1S/C12H11NO2/c1-15-12-5-4-10-6-9(8-13-14)2-3-11(10)7-12/h2-8,14H,1H3/b13-8+. The Morgan fingerprint density at radius 1 is 1.13 bits per heavy atom. The maximum atomic E-state index is 8.42. The van der Waals surface area contributed by atoms with Crippen LogP contribution in [0, 0.1) is 0 Å². The van der Waals surface area contributed by atoms with Gasteiger partial charge in [-0.15, -0.1) is 0 Å². The van der Waals surface area contributed by atoms with E-state index in [2.05, 4.69) is 5.16 Å². The van der Waals surface area contributed by atoms with Crippen molar-refractivity contribution in [3.05, 3.63) is 42.0 Å². The molecule has 0 aliphatic heterocycles. The molecule has 0 spiro atoms. The maximum absolute atomic E-state index is 8.42. The van der Waals surface area contributed by atoms with Gasteiger partial charge in [0, 0.05) is 0 Å². The highest BCUT2D eigenvalue weighted by atomic mass is 16.5. The highest BCUT2D eigenvalue weighted by Gasteiger charge is 1.97. The minimum Gasteiger partial charge on any atom is -0.497 e. The first kappa shape index (κ1) is 9.52. The number of nitrogens with zero attached hydrogens (tertiary/aromatic N) is 1. The molecule has 0 atom stereocenters. The number of rotatable bonds is 2. The van der Waals surface area contributed by atoms with Crippen molar-refractivity contribution in [2.45, 2.75) is 0 Å². The van der Waals surface area contributed by atoms with Gasteiger partial charge in [-0.25, -0.2) is 0 Å².